The fraction of sp³-hybridized carbons (Fsp3) is 0.667. The first kappa shape index (κ1) is 9.75. The molecule has 0 bridgehead atoms. The molecule has 4 heteroatoms. The molecular formula is C6H11ClO3. The zero-order valence-electron chi connectivity index (χ0n) is 6.26. The first-order chi connectivity index (χ1) is 4.76. The Bertz CT molecular complexity index is 110. The van der Waals surface area contributed by atoms with Crippen LogP contribution < -0.4 is 0 Å². The third-order valence-electron chi connectivity index (χ3n) is 0.884. The molecule has 0 atom stereocenters. The van der Waals surface area contributed by atoms with Gasteiger partial charge in [0.05, 0.1) is 7.11 Å². The summed E-state index contributed by atoms with van der Waals surface area (Å²) < 4.78 is 14.3. The highest BCUT2D eigenvalue weighted by Gasteiger charge is 2.08. The predicted octanol–water partition coefficient (Wildman–Crippen LogP) is 1.33. The maximum Gasteiger partial charge on any atom is 0.196 e. The average Bonchev–Trinajstić information content (AvgIpc) is 1.91. The van der Waals surface area contributed by atoms with Crippen molar-refractivity contribution in [2.24, 2.45) is 0 Å². The minimum absolute atomic E-state index is 0.382. The summed E-state index contributed by atoms with van der Waals surface area (Å²) in [4.78, 5) is 0. The maximum absolute atomic E-state index is 5.63. The number of halogens is 1. The number of rotatable bonds is 4. The van der Waals surface area contributed by atoms with Crippen molar-refractivity contribution >= 4 is 11.6 Å². The summed E-state index contributed by atoms with van der Waals surface area (Å²) in [7, 11) is 4.50. The van der Waals surface area contributed by atoms with Gasteiger partial charge in [0.25, 0.3) is 0 Å². The van der Waals surface area contributed by atoms with E-state index < -0.39 is 6.29 Å². The van der Waals surface area contributed by atoms with Crippen LogP contribution in [0.15, 0.2) is 11.3 Å². The van der Waals surface area contributed by atoms with E-state index in [0.29, 0.717) is 5.03 Å². The molecule has 0 aliphatic carbocycles. The van der Waals surface area contributed by atoms with Crippen molar-refractivity contribution in [2.75, 3.05) is 21.3 Å². The van der Waals surface area contributed by atoms with Gasteiger partial charge >= 0.3 is 0 Å². The lowest BCUT2D eigenvalue weighted by Crippen LogP contribution is -2.12. The van der Waals surface area contributed by atoms with E-state index in [0.717, 1.165) is 0 Å². The van der Waals surface area contributed by atoms with E-state index in [9.17, 15) is 0 Å². The molecule has 0 aromatic carbocycles. The van der Waals surface area contributed by atoms with Crippen molar-refractivity contribution < 1.29 is 14.2 Å². The van der Waals surface area contributed by atoms with Crippen LogP contribution >= 0.6 is 11.6 Å². The molecule has 0 radical (unpaired) electrons. The van der Waals surface area contributed by atoms with Gasteiger partial charge in [0.1, 0.15) is 11.3 Å². The Morgan fingerprint density at radius 3 is 2.10 bits per heavy atom. The first-order valence-electron chi connectivity index (χ1n) is 2.70. The van der Waals surface area contributed by atoms with Crippen molar-refractivity contribution in [1.29, 1.82) is 0 Å². The second kappa shape index (κ2) is 5.53. The standard InChI is InChI=1S/C6H11ClO3/c1-8-4-5(7)6(9-2)10-3/h4,6H,1-3H3/b5-4-. The summed E-state index contributed by atoms with van der Waals surface area (Å²) in [5.74, 6) is 0. The van der Waals surface area contributed by atoms with E-state index >= 15 is 0 Å². The lowest BCUT2D eigenvalue weighted by atomic mass is 10.6. The molecule has 0 fully saturated rings. The molecule has 3 nitrogen and oxygen atoms in total. The van der Waals surface area contributed by atoms with Crippen LogP contribution in [0.4, 0.5) is 0 Å². The Balaban J connectivity index is 3.87. The summed E-state index contributed by atoms with van der Waals surface area (Å²) in [6, 6.07) is 0. The highest BCUT2D eigenvalue weighted by Crippen LogP contribution is 2.10. The average molecular weight is 167 g/mol. The molecule has 10 heavy (non-hydrogen) atoms. The molecule has 0 rings (SSSR count). The Morgan fingerprint density at radius 1 is 1.30 bits per heavy atom. The quantitative estimate of drug-likeness (QED) is 0.466. The van der Waals surface area contributed by atoms with Crippen molar-refractivity contribution in [1.82, 2.24) is 0 Å². The fourth-order valence-corrected chi connectivity index (χ4v) is 0.757. The van der Waals surface area contributed by atoms with Crippen LogP contribution in [-0.2, 0) is 14.2 Å². The van der Waals surface area contributed by atoms with E-state index in [1.54, 1.807) is 0 Å². The Morgan fingerprint density at radius 2 is 1.80 bits per heavy atom. The zero-order chi connectivity index (χ0) is 7.98. The Kier molecular flexibility index (Phi) is 5.39. The maximum atomic E-state index is 5.63. The SMILES string of the molecule is CO/C=C(\Cl)C(OC)OC. The van der Waals surface area contributed by atoms with Gasteiger partial charge < -0.3 is 14.2 Å². The zero-order valence-corrected chi connectivity index (χ0v) is 7.01. The van der Waals surface area contributed by atoms with Gasteiger partial charge in [-0.1, -0.05) is 11.6 Å². The van der Waals surface area contributed by atoms with Crippen molar-refractivity contribution in [3.05, 3.63) is 11.3 Å². The van der Waals surface area contributed by atoms with Gasteiger partial charge in [-0.05, 0) is 0 Å². The highest BCUT2D eigenvalue weighted by atomic mass is 35.5. The van der Waals surface area contributed by atoms with Crippen LogP contribution in [0.1, 0.15) is 0 Å². The first-order valence-corrected chi connectivity index (χ1v) is 3.08. The van der Waals surface area contributed by atoms with Crippen LogP contribution in [-0.4, -0.2) is 27.6 Å². The molecule has 0 N–H and O–H groups in total. The third-order valence-corrected chi connectivity index (χ3v) is 1.15. The summed E-state index contributed by atoms with van der Waals surface area (Å²) in [6.07, 6.45) is 0.834. The molecule has 0 saturated heterocycles. The predicted molar refractivity (Wildman–Crippen MR) is 38.8 cm³/mol. The molecule has 0 spiro atoms. The van der Waals surface area contributed by atoms with E-state index in [1.165, 1.54) is 27.6 Å². The van der Waals surface area contributed by atoms with Gasteiger partial charge in [-0.25, -0.2) is 0 Å². The number of ether oxygens (including phenoxy) is 3. The Hall–Kier alpha value is -0.250. The van der Waals surface area contributed by atoms with Gasteiger partial charge in [0.2, 0.25) is 0 Å². The molecule has 60 valence electrons. The highest BCUT2D eigenvalue weighted by molar-refractivity contribution is 6.29. The molecule has 0 unspecified atom stereocenters. The summed E-state index contributed by atoms with van der Waals surface area (Å²) >= 11 is 5.63. The third kappa shape index (κ3) is 3.06. The second-order valence-corrected chi connectivity index (χ2v) is 1.98. The van der Waals surface area contributed by atoms with Gasteiger partial charge in [-0.3, -0.25) is 0 Å². The van der Waals surface area contributed by atoms with Crippen LogP contribution in [0.2, 0.25) is 0 Å². The van der Waals surface area contributed by atoms with Crippen molar-refractivity contribution in [2.45, 2.75) is 6.29 Å². The minimum Gasteiger partial charge on any atom is -0.503 e. The lowest BCUT2D eigenvalue weighted by Gasteiger charge is -2.10. The van der Waals surface area contributed by atoms with E-state index in [4.69, 9.17) is 21.1 Å². The molecule has 0 amide bonds. The van der Waals surface area contributed by atoms with Crippen LogP contribution in [0, 0.1) is 0 Å². The normalized spacial score (nSPS) is 12.3. The van der Waals surface area contributed by atoms with Crippen LogP contribution in [0.25, 0.3) is 0 Å². The van der Waals surface area contributed by atoms with E-state index in [1.807, 2.05) is 0 Å². The second-order valence-electron chi connectivity index (χ2n) is 1.54. The van der Waals surface area contributed by atoms with Gasteiger partial charge in [-0.2, -0.15) is 0 Å². The molecule has 0 heterocycles. The van der Waals surface area contributed by atoms with Crippen molar-refractivity contribution in [3.63, 3.8) is 0 Å². The van der Waals surface area contributed by atoms with Crippen LogP contribution in [0.5, 0.6) is 0 Å². The number of hydrogen-bond donors (Lipinski definition) is 0. The largest absolute Gasteiger partial charge is 0.503 e. The molecule has 0 aromatic heterocycles. The molecule has 0 saturated carbocycles. The molecular weight excluding hydrogens is 156 g/mol. The summed E-state index contributed by atoms with van der Waals surface area (Å²) in [5.41, 5.74) is 0. The fourth-order valence-electron chi connectivity index (χ4n) is 0.490. The molecule has 0 aliphatic rings. The van der Waals surface area contributed by atoms with E-state index in [-0.39, 0.29) is 0 Å². The van der Waals surface area contributed by atoms with Gasteiger partial charge in [-0.15, -0.1) is 0 Å². The summed E-state index contributed by atoms with van der Waals surface area (Å²) in [6.45, 7) is 0. The monoisotopic (exact) mass is 166 g/mol. The molecule has 0 aliphatic heterocycles. The Labute approximate surface area is 65.5 Å². The van der Waals surface area contributed by atoms with Gasteiger partial charge in [0.15, 0.2) is 6.29 Å². The molecule has 0 aromatic rings. The van der Waals surface area contributed by atoms with Gasteiger partial charge in [0, 0.05) is 14.2 Å². The number of hydrogen-bond acceptors (Lipinski definition) is 3. The van der Waals surface area contributed by atoms with Crippen molar-refractivity contribution in [3.8, 4) is 0 Å². The summed E-state index contributed by atoms with van der Waals surface area (Å²) in [5, 5.41) is 0.382. The van der Waals surface area contributed by atoms with E-state index in [2.05, 4.69) is 4.74 Å². The minimum atomic E-state index is -0.526. The smallest absolute Gasteiger partial charge is 0.196 e. The van der Waals surface area contributed by atoms with Crippen LogP contribution in [0.3, 0.4) is 0 Å². The number of methoxy groups -OCH3 is 3. The topological polar surface area (TPSA) is 27.7 Å². The lowest BCUT2D eigenvalue weighted by molar-refractivity contribution is -0.0711.